The lowest BCUT2D eigenvalue weighted by molar-refractivity contribution is 0.0945. The van der Waals surface area contributed by atoms with Crippen molar-refractivity contribution in [2.24, 2.45) is 5.10 Å². The largest absolute Gasteiger partial charge is 0.497 e. The number of nitrogens with one attached hydrogen (secondary N) is 1. The van der Waals surface area contributed by atoms with Gasteiger partial charge < -0.3 is 15.2 Å². The number of anilines is 1. The predicted octanol–water partition coefficient (Wildman–Crippen LogP) is 1.28. The van der Waals surface area contributed by atoms with Crippen LogP contribution in [0.25, 0.3) is 5.82 Å². The zero-order valence-corrected chi connectivity index (χ0v) is 19.5. The van der Waals surface area contributed by atoms with Crippen molar-refractivity contribution in [2.75, 3.05) is 33.0 Å². The van der Waals surface area contributed by atoms with E-state index in [4.69, 9.17) is 15.2 Å². The van der Waals surface area contributed by atoms with Crippen LogP contribution >= 0.6 is 12.4 Å². The van der Waals surface area contributed by atoms with Crippen LogP contribution < -0.4 is 20.6 Å². The number of hydrazone groups is 1. The fourth-order valence-corrected chi connectivity index (χ4v) is 2.95. The number of aromatic nitrogens is 5. The number of rotatable bonds is 10. The van der Waals surface area contributed by atoms with Gasteiger partial charge in [0.05, 0.1) is 20.4 Å². The van der Waals surface area contributed by atoms with E-state index in [1.165, 1.54) is 18.0 Å². The number of nitrogens with two attached hydrogens (primary N) is 1. The van der Waals surface area contributed by atoms with E-state index < -0.39 is 5.91 Å². The quantitative estimate of drug-likeness (QED) is 0.320. The Morgan fingerprint density at radius 2 is 2.03 bits per heavy atom. The van der Waals surface area contributed by atoms with Crippen LogP contribution in [-0.4, -0.2) is 69.6 Å². The minimum Gasteiger partial charge on any atom is -0.497 e. The number of carbonyl (C=O) groups is 1. The van der Waals surface area contributed by atoms with E-state index in [0.717, 1.165) is 13.1 Å². The first kappa shape index (κ1) is 25.5. The number of halogens is 1. The lowest BCUT2D eigenvalue weighted by Crippen LogP contribution is -2.27. The predicted molar refractivity (Wildman–Crippen MR) is 122 cm³/mol. The Kier molecular flexibility index (Phi) is 9.12. The van der Waals surface area contributed by atoms with Gasteiger partial charge in [-0.25, -0.2) is 10.1 Å². The summed E-state index contributed by atoms with van der Waals surface area (Å²) < 4.78 is 16.4. The van der Waals surface area contributed by atoms with Crippen LogP contribution in [0.2, 0.25) is 0 Å². The number of carbonyl (C=O) groups excluding carboxylic acids is 1. The molecule has 0 saturated heterocycles. The Balaban J connectivity index is 0.00000385. The van der Waals surface area contributed by atoms with Crippen molar-refractivity contribution in [3.05, 3.63) is 35.2 Å². The fraction of sp³-hybridized carbons (Fsp3) is 0.368. The molecule has 0 aliphatic carbocycles. The van der Waals surface area contributed by atoms with Crippen LogP contribution in [0, 0.1) is 0 Å². The smallest absolute Gasteiger partial charge is 0.292 e. The number of nitrogens with zero attached hydrogens (tertiary/aromatic N) is 7. The molecule has 0 radical (unpaired) electrons. The second-order valence-electron chi connectivity index (χ2n) is 6.54. The SMILES string of the molecule is CCN(CC)Cc1nnn(-c2nonc2N)c1C(=O)N/N=C/c1cc(OC)ccc1OC.Cl. The summed E-state index contributed by atoms with van der Waals surface area (Å²) in [7, 11) is 3.10. The molecule has 3 N–H and O–H groups in total. The maximum Gasteiger partial charge on any atom is 0.292 e. The van der Waals surface area contributed by atoms with Crippen molar-refractivity contribution < 1.29 is 18.9 Å². The van der Waals surface area contributed by atoms with Crippen molar-refractivity contribution >= 4 is 30.3 Å². The van der Waals surface area contributed by atoms with Crippen molar-refractivity contribution in [1.29, 1.82) is 0 Å². The molecular weight excluding hydrogens is 454 g/mol. The number of hydrogen-bond acceptors (Lipinski definition) is 11. The summed E-state index contributed by atoms with van der Waals surface area (Å²) in [6.45, 7) is 5.96. The van der Waals surface area contributed by atoms with Crippen molar-refractivity contribution in [3.8, 4) is 17.3 Å². The van der Waals surface area contributed by atoms with Crippen LogP contribution in [0.3, 0.4) is 0 Å². The lowest BCUT2D eigenvalue weighted by Gasteiger charge is -2.16. The van der Waals surface area contributed by atoms with E-state index in [2.05, 4.69) is 40.7 Å². The highest BCUT2D eigenvalue weighted by Crippen LogP contribution is 2.22. The third kappa shape index (κ3) is 5.75. The molecule has 0 unspecified atom stereocenters. The number of ether oxygens (including phenoxy) is 2. The van der Waals surface area contributed by atoms with Crippen LogP contribution in [0.5, 0.6) is 11.5 Å². The Labute approximate surface area is 196 Å². The van der Waals surface area contributed by atoms with Gasteiger partial charge in [-0.15, -0.1) is 17.5 Å². The monoisotopic (exact) mass is 479 g/mol. The zero-order valence-electron chi connectivity index (χ0n) is 18.7. The zero-order chi connectivity index (χ0) is 23.1. The minimum absolute atomic E-state index is 0. The topological polar surface area (TPSA) is 159 Å². The Morgan fingerprint density at radius 3 is 2.64 bits per heavy atom. The number of hydrogen-bond donors (Lipinski definition) is 2. The van der Waals surface area contributed by atoms with Gasteiger partial charge in [-0.05, 0) is 41.6 Å². The number of benzene rings is 1. The molecule has 1 aromatic carbocycles. The van der Waals surface area contributed by atoms with E-state index in [1.807, 2.05) is 13.8 Å². The Morgan fingerprint density at radius 1 is 1.27 bits per heavy atom. The van der Waals surface area contributed by atoms with Gasteiger partial charge in [-0.1, -0.05) is 19.1 Å². The fourth-order valence-electron chi connectivity index (χ4n) is 2.95. The average Bonchev–Trinajstić information content (AvgIpc) is 3.42. The molecule has 0 aliphatic rings. The molecule has 2 heterocycles. The first-order valence-electron chi connectivity index (χ1n) is 9.83. The number of methoxy groups -OCH3 is 2. The van der Waals surface area contributed by atoms with Crippen LogP contribution in [0.4, 0.5) is 5.82 Å². The maximum atomic E-state index is 13.1. The van der Waals surface area contributed by atoms with Crippen molar-refractivity contribution in [1.82, 2.24) is 35.6 Å². The minimum atomic E-state index is -0.558. The molecule has 3 rings (SSSR count). The number of nitrogen functional groups attached to an aromatic ring is 1. The molecule has 33 heavy (non-hydrogen) atoms. The highest BCUT2D eigenvalue weighted by molar-refractivity contribution is 5.95. The molecule has 14 heteroatoms. The van der Waals surface area contributed by atoms with Crippen LogP contribution in [-0.2, 0) is 6.54 Å². The maximum absolute atomic E-state index is 13.1. The Hall–Kier alpha value is -3.71. The van der Waals surface area contributed by atoms with Gasteiger partial charge >= 0.3 is 0 Å². The van der Waals surface area contributed by atoms with Gasteiger partial charge in [0.1, 0.15) is 17.2 Å². The normalized spacial score (nSPS) is 10.9. The third-order valence-corrected chi connectivity index (χ3v) is 4.73. The summed E-state index contributed by atoms with van der Waals surface area (Å²) >= 11 is 0. The summed E-state index contributed by atoms with van der Waals surface area (Å²) in [5.74, 6) is 0.670. The van der Waals surface area contributed by atoms with E-state index in [9.17, 15) is 4.79 Å². The van der Waals surface area contributed by atoms with E-state index >= 15 is 0 Å². The van der Waals surface area contributed by atoms with E-state index in [-0.39, 0.29) is 29.7 Å². The second kappa shape index (κ2) is 11.8. The molecule has 0 aliphatic heterocycles. The van der Waals surface area contributed by atoms with Crippen LogP contribution in [0.1, 0.15) is 35.6 Å². The highest BCUT2D eigenvalue weighted by atomic mass is 35.5. The molecule has 13 nitrogen and oxygen atoms in total. The van der Waals surface area contributed by atoms with Crippen molar-refractivity contribution in [2.45, 2.75) is 20.4 Å². The standard InChI is InChI=1S/C19H25N9O4.ClH/c1-5-27(6-2)11-14-16(28(26-22-14)18-17(20)24-32-25-18)19(29)23-21-10-12-9-13(30-3)7-8-15(12)31-4;/h7-10H,5-6,11H2,1-4H3,(H2,20,24)(H,23,29);1H/b21-10+;. The molecule has 1 amide bonds. The molecule has 0 spiro atoms. The van der Waals surface area contributed by atoms with Crippen molar-refractivity contribution in [3.63, 3.8) is 0 Å². The molecular formula is C19H26ClN9O4. The second-order valence-corrected chi connectivity index (χ2v) is 6.54. The average molecular weight is 480 g/mol. The molecule has 3 aromatic rings. The summed E-state index contributed by atoms with van der Waals surface area (Å²) in [5, 5.41) is 19.5. The molecule has 2 aromatic heterocycles. The Bertz CT molecular complexity index is 1090. The first-order chi connectivity index (χ1) is 15.5. The molecule has 0 saturated carbocycles. The van der Waals surface area contributed by atoms with Gasteiger partial charge in [0.15, 0.2) is 5.69 Å². The van der Waals surface area contributed by atoms with E-state index in [1.54, 1.807) is 25.3 Å². The van der Waals surface area contributed by atoms with Crippen LogP contribution in [0.15, 0.2) is 27.9 Å². The van der Waals surface area contributed by atoms with Gasteiger partial charge in [0, 0.05) is 12.1 Å². The van der Waals surface area contributed by atoms with Gasteiger partial charge in [0.2, 0.25) is 11.6 Å². The molecule has 0 atom stereocenters. The summed E-state index contributed by atoms with van der Waals surface area (Å²) in [6, 6.07) is 5.23. The molecule has 178 valence electrons. The third-order valence-electron chi connectivity index (χ3n) is 4.73. The highest BCUT2D eigenvalue weighted by Gasteiger charge is 2.25. The van der Waals surface area contributed by atoms with Gasteiger partial charge in [-0.3, -0.25) is 9.69 Å². The van der Waals surface area contributed by atoms with Gasteiger partial charge in [-0.2, -0.15) is 9.78 Å². The molecule has 0 fully saturated rings. The van der Waals surface area contributed by atoms with E-state index in [0.29, 0.717) is 29.3 Å². The summed E-state index contributed by atoms with van der Waals surface area (Å²) in [5.41, 5.74) is 9.45. The lowest BCUT2D eigenvalue weighted by atomic mass is 10.2. The number of amides is 1. The summed E-state index contributed by atoms with van der Waals surface area (Å²) in [4.78, 5) is 15.1. The molecule has 0 bridgehead atoms. The first-order valence-corrected chi connectivity index (χ1v) is 9.83. The summed E-state index contributed by atoms with van der Waals surface area (Å²) in [6.07, 6.45) is 1.45. The van der Waals surface area contributed by atoms with Gasteiger partial charge in [0.25, 0.3) is 5.91 Å².